The van der Waals surface area contributed by atoms with Crippen molar-refractivity contribution in [2.75, 3.05) is 31.6 Å². The van der Waals surface area contributed by atoms with Crippen molar-refractivity contribution in [2.24, 2.45) is 5.73 Å². The minimum atomic E-state index is -0.333. The predicted octanol–water partition coefficient (Wildman–Crippen LogP) is -0.845. The van der Waals surface area contributed by atoms with E-state index in [1.165, 1.54) is 6.92 Å². The van der Waals surface area contributed by atoms with Crippen LogP contribution in [0.25, 0.3) is 0 Å². The van der Waals surface area contributed by atoms with Gasteiger partial charge in [-0.15, -0.1) is 0 Å². The van der Waals surface area contributed by atoms with Crippen LogP contribution in [0.15, 0.2) is 4.52 Å². The molecule has 4 N–H and O–H groups in total. The van der Waals surface area contributed by atoms with Crippen LogP contribution in [0.3, 0.4) is 0 Å². The van der Waals surface area contributed by atoms with Gasteiger partial charge in [-0.25, -0.2) is 0 Å². The first-order chi connectivity index (χ1) is 12.0. The molecule has 0 saturated carbocycles. The number of nitrogens with two attached hydrogens (primary N) is 1. The average molecular weight is 354 g/mol. The molecular weight excluding hydrogens is 328 g/mol. The van der Waals surface area contributed by atoms with E-state index in [1.807, 2.05) is 0 Å². The monoisotopic (exact) mass is 354 g/mol. The summed E-state index contributed by atoms with van der Waals surface area (Å²) in [6.45, 7) is 4.20. The third-order valence-corrected chi connectivity index (χ3v) is 4.00. The van der Waals surface area contributed by atoms with Gasteiger partial charge in [0, 0.05) is 33.7 Å². The number of rotatable bonds is 5. The Labute approximate surface area is 146 Å². The Hall–Kier alpha value is -2.20. The summed E-state index contributed by atoms with van der Waals surface area (Å²) in [5.74, 6) is 0.664. The number of methoxy groups -OCH3 is 1. The number of anilines is 1. The maximum atomic E-state index is 12.0. The number of carbonyl (C=O) groups excluding carboxylic acids is 2. The van der Waals surface area contributed by atoms with E-state index in [0.717, 1.165) is 25.9 Å². The minimum Gasteiger partial charge on any atom is -0.380 e. The van der Waals surface area contributed by atoms with Crippen molar-refractivity contribution in [1.29, 1.82) is 0 Å². The van der Waals surface area contributed by atoms with Crippen molar-refractivity contribution >= 4 is 17.8 Å². The highest BCUT2D eigenvalue weighted by atomic mass is 16.5. The number of hydrogen-bond donors (Lipinski definition) is 3. The number of hydrogen-bond acceptors (Lipinski definition) is 8. The van der Waals surface area contributed by atoms with Gasteiger partial charge in [0.15, 0.2) is 0 Å². The van der Waals surface area contributed by atoms with E-state index < -0.39 is 0 Å². The van der Waals surface area contributed by atoms with Gasteiger partial charge >= 0.3 is 0 Å². The maximum Gasteiger partial charge on any atom is 0.266 e. The molecule has 2 fully saturated rings. The summed E-state index contributed by atoms with van der Waals surface area (Å²) >= 11 is 0. The standard InChI is InChI=1S/C13H21N5O3.C2H5NO/c1-20-9-6-10(14-7-9)12(19)15-8-11-16-13(17-21-11)18-4-2-3-5-18;1-2(3)4/h9-10,14H,2-8H2,1H3,(H,15,19);1H3,(H2,3,4)/t9?,10-;/m0./s1. The zero-order valence-corrected chi connectivity index (χ0v) is 14.7. The van der Waals surface area contributed by atoms with Crippen molar-refractivity contribution in [3.8, 4) is 0 Å². The molecule has 25 heavy (non-hydrogen) atoms. The summed E-state index contributed by atoms with van der Waals surface area (Å²) in [6.07, 6.45) is 3.11. The SMILES string of the molecule is CC(N)=O.COC1CN[C@H](C(=O)NCc2nc(N3CCCC3)no2)C1. The molecule has 0 spiro atoms. The Balaban J connectivity index is 0.000000511. The van der Waals surface area contributed by atoms with E-state index >= 15 is 0 Å². The Morgan fingerprint density at radius 2 is 2.12 bits per heavy atom. The van der Waals surface area contributed by atoms with Gasteiger partial charge in [0.25, 0.3) is 5.95 Å². The lowest BCUT2D eigenvalue weighted by Gasteiger charge is -2.10. The summed E-state index contributed by atoms with van der Waals surface area (Å²) < 4.78 is 10.4. The molecule has 3 heterocycles. The van der Waals surface area contributed by atoms with E-state index in [9.17, 15) is 9.59 Å². The first kappa shape index (κ1) is 19.1. The number of amides is 2. The van der Waals surface area contributed by atoms with Gasteiger partial charge in [-0.2, -0.15) is 4.98 Å². The van der Waals surface area contributed by atoms with E-state index in [1.54, 1.807) is 7.11 Å². The fourth-order valence-corrected chi connectivity index (χ4v) is 2.73. The minimum absolute atomic E-state index is 0.0597. The Morgan fingerprint density at radius 3 is 2.72 bits per heavy atom. The Kier molecular flexibility index (Phi) is 7.14. The normalized spacial score (nSPS) is 22.4. The largest absolute Gasteiger partial charge is 0.380 e. The van der Waals surface area contributed by atoms with E-state index in [0.29, 0.717) is 24.8 Å². The molecule has 2 aliphatic rings. The predicted molar refractivity (Wildman–Crippen MR) is 89.7 cm³/mol. The van der Waals surface area contributed by atoms with Crippen molar-refractivity contribution in [3.63, 3.8) is 0 Å². The van der Waals surface area contributed by atoms with E-state index in [4.69, 9.17) is 9.26 Å². The van der Waals surface area contributed by atoms with Crippen LogP contribution >= 0.6 is 0 Å². The molecule has 2 atom stereocenters. The first-order valence-corrected chi connectivity index (χ1v) is 8.37. The van der Waals surface area contributed by atoms with Crippen molar-refractivity contribution in [3.05, 3.63) is 5.89 Å². The van der Waals surface area contributed by atoms with Crippen LogP contribution in [0, 0.1) is 0 Å². The van der Waals surface area contributed by atoms with Crippen LogP contribution in [0.2, 0.25) is 0 Å². The van der Waals surface area contributed by atoms with Gasteiger partial charge < -0.3 is 30.5 Å². The third-order valence-electron chi connectivity index (χ3n) is 4.00. The summed E-state index contributed by atoms with van der Waals surface area (Å²) in [6, 6.07) is -0.212. The first-order valence-electron chi connectivity index (χ1n) is 8.37. The molecule has 0 aromatic carbocycles. The topological polar surface area (TPSA) is 136 Å². The maximum absolute atomic E-state index is 12.0. The van der Waals surface area contributed by atoms with Crippen LogP contribution in [0.1, 0.15) is 32.1 Å². The number of aromatic nitrogens is 2. The molecular formula is C15H26N6O4. The van der Waals surface area contributed by atoms with Crippen LogP contribution in [0.5, 0.6) is 0 Å². The lowest BCUT2D eigenvalue weighted by molar-refractivity contribution is -0.123. The van der Waals surface area contributed by atoms with Crippen molar-refractivity contribution < 1.29 is 18.8 Å². The second-order valence-electron chi connectivity index (χ2n) is 6.06. The molecule has 0 aliphatic carbocycles. The summed E-state index contributed by atoms with van der Waals surface area (Å²) in [7, 11) is 1.66. The molecule has 1 aromatic heterocycles. The molecule has 2 amide bonds. The zero-order valence-electron chi connectivity index (χ0n) is 14.7. The number of ether oxygens (including phenoxy) is 1. The fraction of sp³-hybridized carbons (Fsp3) is 0.733. The summed E-state index contributed by atoms with van der Waals surface area (Å²) in [5.41, 5.74) is 4.47. The van der Waals surface area contributed by atoms with Crippen LogP contribution in [0.4, 0.5) is 5.95 Å². The van der Waals surface area contributed by atoms with Gasteiger partial charge in [0.2, 0.25) is 17.7 Å². The van der Waals surface area contributed by atoms with Crippen molar-refractivity contribution in [1.82, 2.24) is 20.8 Å². The highest BCUT2D eigenvalue weighted by molar-refractivity contribution is 5.82. The number of nitrogens with one attached hydrogen (secondary N) is 2. The van der Waals surface area contributed by atoms with Gasteiger partial charge in [0.1, 0.15) is 0 Å². The second kappa shape index (κ2) is 9.33. The molecule has 1 unspecified atom stereocenters. The van der Waals surface area contributed by atoms with Gasteiger partial charge in [0.05, 0.1) is 18.7 Å². The summed E-state index contributed by atoms with van der Waals surface area (Å²) in [4.78, 5) is 27.6. The van der Waals surface area contributed by atoms with Crippen LogP contribution < -0.4 is 21.3 Å². The highest BCUT2D eigenvalue weighted by Crippen LogP contribution is 2.16. The van der Waals surface area contributed by atoms with Gasteiger partial charge in [-0.1, -0.05) is 0 Å². The van der Waals surface area contributed by atoms with E-state index in [-0.39, 0.29) is 30.5 Å². The molecule has 2 aliphatic heterocycles. The molecule has 3 rings (SSSR count). The molecule has 1 aromatic rings. The molecule has 0 radical (unpaired) electrons. The fourth-order valence-electron chi connectivity index (χ4n) is 2.73. The lowest BCUT2D eigenvalue weighted by atomic mass is 10.2. The van der Waals surface area contributed by atoms with Crippen LogP contribution in [-0.4, -0.2) is 60.8 Å². The Bertz CT molecular complexity index is 568. The number of nitrogens with zero attached hydrogens (tertiary/aromatic N) is 3. The smallest absolute Gasteiger partial charge is 0.266 e. The third kappa shape index (κ3) is 5.98. The second-order valence-corrected chi connectivity index (χ2v) is 6.06. The highest BCUT2D eigenvalue weighted by Gasteiger charge is 2.29. The molecule has 10 nitrogen and oxygen atoms in total. The van der Waals surface area contributed by atoms with Gasteiger partial charge in [-0.05, 0) is 24.4 Å². The Morgan fingerprint density at radius 1 is 1.44 bits per heavy atom. The average Bonchev–Trinajstić information content (AvgIpc) is 3.32. The molecule has 2 saturated heterocycles. The molecule has 140 valence electrons. The number of carbonyl (C=O) groups is 2. The lowest BCUT2D eigenvalue weighted by Crippen LogP contribution is -2.40. The van der Waals surface area contributed by atoms with Crippen molar-refractivity contribution in [2.45, 2.75) is 44.9 Å². The quantitative estimate of drug-likeness (QED) is 0.622. The number of primary amides is 1. The van der Waals surface area contributed by atoms with E-state index in [2.05, 4.69) is 31.4 Å². The molecule has 10 heteroatoms. The van der Waals surface area contributed by atoms with Gasteiger partial charge in [-0.3, -0.25) is 9.59 Å². The summed E-state index contributed by atoms with van der Waals surface area (Å²) in [5, 5.41) is 9.90. The zero-order chi connectivity index (χ0) is 18.2. The molecule has 0 bridgehead atoms. The van der Waals surface area contributed by atoms with Crippen LogP contribution in [-0.2, 0) is 20.9 Å².